The first-order chi connectivity index (χ1) is 8.77. The lowest BCUT2D eigenvalue weighted by atomic mass is 9.90. The molecular weight excluding hydrogens is 310 g/mol. The number of benzene rings is 1. The van der Waals surface area contributed by atoms with Crippen LogP contribution < -0.4 is 4.90 Å². The van der Waals surface area contributed by atoms with Gasteiger partial charge in [0.1, 0.15) is 5.78 Å². The average Bonchev–Trinajstić information content (AvgIpc) is 2.48. The molecule has 0 saturated heterocycles. The number of carbonyl (C=O) groups excluding carboxylic acids is 2. The van der Waals surface area contributed by atoms with E-state index in [1.807, 2.05) is 19.9 Å². The van der Waals surface area contributed by atoms with Gasteiger partial charge in [-0.1, -0.05) is 15.9 Å². The molecule has 4 nitrogen and oxygen atoms in total. The fraction of sp³-hybridized carbons (Fsp3) is 0.429. The van der Waals surface area contributed by atoms with Crippen molar-refractivity contribution < 1.29 is 14.7 Å². The number of halogens is 1. The van der Waals surface area contributed by atoms with E-state index in [0.29, 0.717) is 11.3 Å². The zero-order valence-corrected chi connectivity index (χ0v) is 12.7. The van der Waals surface area contributed by atoms with Crippen molar-refractivity contribution in [3.8, 4) is 0 Å². The van der Waals surface area contributed by atoms with Gasteiger partial charge in [-0.05, 0) is 39.0 Å². The summed E-state index contributed by atoms with van der Waals surface area (Å²) in [6.45, 7) is 5.13. The highest BCUT2D eigenvalue weighted by Gasteiger charge is 2.51. The number of nitrogens with zero attached hydrogens (tertiary/aromatic N) is 1. The molecule has 1 aliphatic rings. The number of ketones is 1. The van der Waals surface area contributed by atoms with Crippen molar-refractivity contribution in [2.75, 3.05) is 4.90 Å². The van der Waals surface area contributed by atoms with Gasteiger partial charge in [-0.3, -0.25) is 9.59 Å². The summed E-state index contributed by atoms with van der Waals surface area (Å²) in [5.74, 6) is -0.641. The minimum absolute atomic E-state index is 0.0755. The van der Waals surface area contributed by atoms with Crippen LogP contribution in [0.5, 0.6) is 0 Å². The lowest BCUT2D eigenvalue weighted by Gasteiger charge is -2.24. The lowest BCUT2D eigenvalue weighted by molar-refractivity contribution is -0.141. The zero-order valence-electron chi connectivity index (χ0n) is 11.1. The van der Waals surface area contributed by atoms with E-state index in [-0.39, 0.29) is 18.2 Å². The number of hydrogen-bond donors (Lipinski definition) is 1. The second-order valence-electron chi connectivity index (χ2n) is 5.17. The van der Waals surface area contributed by atoms with Crippen LogP contribution in [0.3, 0.4) is 0 Å². The van der Waals surface area contributed by atoms with Crippen LogP contribution in [0.1, 0.15) is 32.8 Å². The highest BCUT2D eigenvalue weighted by atomic mass is 79.9. The fourth-order valence-corrected chi connectivity index (χ4v) is 2.88. The maximum absolute atomic E-state index is 12.5. The predicted molar refractivity (Wildman–Crippen MR) is 76.0 cm³/mol. The van der Waals surface area contributed by atoms with Crippen molar-refractivity contribution in [3.63, 3.8) is 0 Å². The van der Waals surface area contributed by atoms with E-state index in [4.69, 9.17) is 0 Å². The number of anilines is 1. The molecule has 102 valence electrons. The Bertz CT molecular complexity index is 556. The number of carbonyl (C=O) groups is 2. The van der Waals surface area contributed by atoms with Crippen LogP contribution in [0.25, 0.3) is 0 Å². The molecule has 1 aromatic carbocycles. The molecule has 1 aliphatic heterocycles. The normalized spacial score (nSPS) is 22.0. The van der Waals surface area contributed by atoms with E-state index >= 15 is 0 Å². The summed E-state index contributed by atoms with van der Waals surface area (Å²) >= 11 is 3.33. The molecule has 19 heavy (non-hydrogen) atoms. The standard InChI is InChI=1S/C14H16BrNO3/c1-8(2)16-12-5-4-10(15)6-11(12)14(19,13(16)18)7-9(3)17/h4-6,8,19H,7H2,1-3H3. The van der Waals surface area contributed by atoms with Crippen molar-refractivity contribution in [1.82, 2.24) is 0 Å². The predicted octanol–water partition coefficient (Wildman–Crippen LogP) is 2.37. The largest absolute Gasteiger partial charge is 0.375 e. The van der Waals surface area contributed by atoms with Gasteiger partial charge >= 0.3 is 0 Å². The Balaban J connectivity index is 2.63. The van der Waals surface area contributed by atoms with E-state index in [1.165, 1.54) is 6.92 Å². The third-order valence-corrected chi connectivity index (χ3v) is 3.75. The SMILES string of the molecule is CC(=O)CC1(O)C(=O)N(C(C)C)c2ccc(Br)cc21. The summed E-state index contributed by atoms with van der Waals surface area (Å²) < 4.78 is 0.770. The Morgan fingerprint density at radius 3 is 2.63 bits per heavy atom. The highest BCUT2D eigenvalue weighted by Crippen LogP contribution is 2.44. The monoisotopic (exact) mass is 325 g/mol. The molecule has 1 unspecified atom stereocenters. The first kappa shape index (κ1) is 14.2. The van der Waals surface area contributed by atoms with Crippen molar-refractivity contribution in [1.29, 1.82) is 0 Å². The van der Waals surface area contributed by atoms with Crippen molar-refractivity contribution in [2.24, 2.45) is 0 Å². The smallest absolute Gasteiger partial charge is 0.264 e. The minimum Gasteiger partial charge on any atom is -0.375 e. The highest BCUT2D eigenvalue weighted by molar-refractivity contribution is 9.10. The quantitative estimate of drug-likeness (QED) is 0.928. The summed E-state index contributed by atoms with van der Waals surface area (Å²) in [7, 11) is 0. The third-order valence-electron chi connectivity index (χ3n) is 3.26. The van der Waals surface area contributed by atoms with Crippen molar-refractivity contribution in [3.05, 3.63) is 28.2 Å². The number of amides is 1. The molecule has 0 aromatic heterocycles. The molecule has 2 rings (SSSR count). The molecule has 0 fully saturated rings. The fourth-order valence-electron chi connectivity index (χ4n) is 2.52. The van der Waals surface area contributed by atoms with Gasteiger partial charge in [0.2, 0.25) is 0 Å². The molecule has 1 N–H and O–H groups in total. The topological polar surface area (TPSA) is 57.6 Å². The van der Waals surface area contributed by atoms with E-state index in [9.17, 15) is 14.7 Å². The van der Waals surface area contributed by atoms with E-state index < -0.39 is 11.5 Å². The van der Waals surface area contributed by atoms with Gasteiger partial charge in [0, 0.05) is 22.5 Å². The summed E-state index contributed by atoms with van der Waals surface area (Å²) in [6, 6.07) is 5.24. The first-order valence-electron chi connectivity index (χ1n) is 6.13. The zero-order chi connectivity index (χ0) is 14.4. The van der Waals surface area contributed by atoms with Crippen LogP contribution in [0.2, 0.25) is 0 Å². The second kappa shape index (κ2) is 4.72. The second-order valence-corrected chi connectivity index (χ2v) is 6.09. The van der Waals surface area contributed by atoms with E-state index in [1.54, 1.807) is 17.0 Å². The van der Waals surface area contributed by atoms with Gasteiger partial charge < -0.3 is 10.0 Å². The summed E-state index contributed by atoms with van der Waals surface area (Å²) in [4.78, 5) is 25.4. The number of fused-ring (bicyclic) bond motifs is 1. The van der Waals surface area contributed by atoms with Crippen molar-refractivity contribution in [2.45, 2.75) is 38.8 Å². The van der Waals surface area contributed by atoms with Crippen LogP contribution in [-0.4, -0.2) is 22.8 Å². The summed E-state index contributed by atoms with van der Waals surface area (Å²) in [5, 5.41) is 10.7. The Labute approximate surface area is 120 Å². The Kier molecular flexibility index (Phi) is 3.53. The Morgan fingerprint density at radius 1 is 1.47 bits per heavy atom. The Morgan fingerprint density at radius 2 is 2.11 bits per heavy atom. The van der Waals surface area contributed by atoms with Crippen LogP contribution in [-0.2, 0) is 15.2 Å². The molecule has 5 heteroatoms. The van der Waals surface area contributed by atoms with Crippen LogP contribution >= 0.6 is 15.9 Å². The van der Waals surface area contributed by atoms with Gasteiger partial charge in [-0.2, -0.15) is 0 Å². The molecule has 1 aromatic rings. The number of hydrogen-bond acceptors (Lipinski definition) is 3. The van der Waals surface area contributed by atoms with Crippen LogP contribution in [0, 0.1) is 0 Å². The third kappa shape index (κ3) is 2.21. The maximum atomic E-state index is 12.5. The summed E-state index contributed by atoms with van der Waals surface area (Å²) in [6.07, 6.45) is -0.196. The van der Waals surface area contributed by atoms with Gasteiger partial charge in [0.15, 0.2) is 5.60 Å². The van der Waals surface area contributed by atoms with Crippen LogP contribution in [0.4, 0.5) is 5.69 Å². The van der Waals surface area contributed by atoms with Gasteiger partial charge in [-0.25, -0.2) is 0 Å². The summed E-state index contributed by atoms with van der Waals surface area (Å²) in [5.41, 5.74) is -0.572. The van der Waals surface area contributed by atoms with Gasteiger partial charge in [0.25, 0.3) is 5.91 Å². The van der Waals surface area contributed by atoms with Crippen molar-refractivity contribution >= 4 is 33.3 Å². The molecule has 1 amide bonds. The molecule has 0 bridgehead atoms. The van der Waals surface area contributed by atoms with Crippen LogP contribution in [0.15, 0.2) is 22.7 Å². The molecule has 0 saturated carbocycles. The maximum Gasteiger partial charge on any atom is 0.264 e. The molecular formula is C14H16BrNO3. The lowest BCUT2D eigenvalue weighted by Crippen LogP contribution is -2.44. The molecule has 0 spiro atoms. The van der Waals surface area contributed by atoms with Gasteiger partial charge in [-0.15, -0.1) is 0 Å². The van der Waals surface area contributed by atoms with E-state index in [0.717, 1.165) is 4.47 Å². The molecule has 0 radical (unpaired) electrons. The van der Waals surface area contributed by atoms with E-state index in [2.05, 4.69) is 15.9 Å². The molecule has 1 heterocycles. The first-order valence-corrected chi connectivity index (χ1v) is 6.92. The Hall–Kier alpha value is -1.20. The number of Topliss-reactive ketones (excluding diaryl/α,β-unsaturated/α-hetero) is 1. The average molecular weight is 326 g/mol. The molecule has 1 atom stereocenters. The van der Waals surface area contributed by atoms with Gasteiger partial charge in [0.05, 0.1) is 5.69 Å². The number of rotatable bonds is 3. The molecule has 0 aliphatic carbocycles. The minimum atomic E-state index is -1.74. The number of aliphatic hydroxyl groups is 1.